The first-order valence-electron chi connectivity index (χ1n) is 6.13. The van der Waals surface area contributed by atoms with E-state index in [9.17, 15) is 4.79 Å². The Morgan fingerprint density at radius 3 is 2.89 bits per heavy atom. The van der Waals surface area contributed by atoms with Gasteiger partial charge in [-0.25, -0.2) is 0 Å². The van der Waals surface area contributed by atoms with E-state index in [0.29, 0.717) is 18.5 Å². The second-order valence-electron chi connectivity index (χ2n) is 4.13. The van der Waals surface area contributed by atoms with Crippen molar-refractivity contribution in [1.82, 2.24) is 4.57 Å². The van der Waals surface area contributed by atoms with Crippen LogP contribution in [0.3, 0.4) is 0 Å². The normalized spacial score (nSPS) is 10.5. The summed E-state index contributed by atoms with van der Waals surface area (Å²) in [5.74, 6) is 0.775. The molecule has 0 amide bonds. The molecule has 0 saturated heterocycles. The minimum Gasteiger partial charge on any atom is -0.493 e. The molecule has 3 heteroatoms. The fourth-order valence-corrected chi connectivity index (χ4v) is 1.91. The Morgan fingerprint density at radius 1 is 1.33 bits per heavy atom. The molecular formula is C15H17NO2. The van der Waals surface area contributed by atoms with Crippen LogP contribution in [0.25, 0.3) is 10.8 Å². The summed E-state index contributed by atoms with van der Waals surface area (Å²) in [5.41, 5.74) is -0.00523. The highest BCUT2D eigenvalue weighted by molar-refractivity contribution is 5.87. The zero-order valence-electron chi connectivity index (χ0n) is 10.6. The van der Waals surface area contributed by atoms with Crippen LogP contribution in [-0.4, -0.2) is 11.2 Å². The standard InChI is InChI=1S/C15H17NO2/c1-3-9-16-10-8-12-13(15(16)17)6-5-7-14(12)18-11-4-2/h3,5-8,10H,1,4,9,11H2,2H3. The van der Waals surface area contributed by atoms with E-state index in [1.165, 1.54) is 0 Å². The zero-order chi connectivity index (χ0) is 13.0. The summed E-state index contributed by atoms with van der Waals surface area (Å²) in [6, 6.07) is 7.50. The van der Waals surface area contributed by atoms with Crippen LogP contribution >= 0.6 is 0 Å². The molecule has 1 heterocycles. The van der Waals surface area contributed by atoms with Crippen molar-refractivity contribution >= 4 is 10.8 Å². The van der Waals surface area contributed by atoms with Crippen LogP contribution in [0.15, 0.2) is 47.9 Å². The molecule has 2 aromatic rings. The average molecular weight is 243 g/mol. The lowest BCUT2D eigenvalue weighted by Crippen LogP contribution is -2.18. The molecule has 0 saturated carbocycles. The van der Waals surface area contributed by atoms with Crippen LogP contribution in [0.4, 0.5) is 0 Å². The van der Waals surface area contributed by atoms with Gasteiger partial charge in [-0.2, -0.15) is 0 Å². The first-order chi connectivity index (χ1) is 8.77. The van der Waals surface area contributed by atoms with E-state index >= 15 is 0 Å². The second kappa shape index (κ2) is 5.54. The van der Waals surface area contributed by atoms with Gasteiger partial charge in [0.25, 0.3) is 5.56 Å². The molecule has 0 bridgehead atoms. The van der Waals surface area contributed by atoms with Crippen LogP contribution in [0.1, 0.15) is 13.3 Å². The fraction of sp³-hybridized carbons (Fsp3) is 0.267. The average Bonchev–Trinajstić information content (AvgIpc) is 2.40. The van der Waals surface area contributed by atoms with Crippen molar-refractivity contribution < 1.29 is 4.74 Å². The molecule has 3 nitrogen and oxygen atoms in total. The van der Waals surface area contributed by atoms with E-state index < -0.39 is 0 Å². The van der Waals surface area contributed by atoms with Crippen molar-refractivity contribution in [3.8, 4) is 5.75 Å². The summed E-state index contributed by atoms with van der Waals surface area (Å²) in [5, 5.41) is 1.56. The highest BCUT2D eigenvalue weighted by Crippen LogP contribution is 2.23. The molecule has 0 fully saturated rings. The lowest BCUT2D eigenvalue weighted by Gasteiger charge is -2.09. The maximum absolute atomic E-state index is 12.2. The number of ether oxygens (including phenoxy) is 1. The van der Waals surface area contributed by atoms with Gasteiger partial charge in [0.2, 0.25) is 0 Å². The van der Waals surface area contributed by atoms with Gasteiger partial charge in [-0.15, -0.1) is 6.58 Å². The monoisotopic (exact) mass is 243 g/mol. The SMILES string of the molecule is C=CCn1ccc2c(OCCC)cccc2c1=O. The molecule has 0 aliphatic rings. The molecular weight excluding hydrogens is 226 g/mol. The van der Waals surface area contributed by atoms with E-state index in [-0.39, 0.29) is 5.56 Å². The van der Waals surface area contributed by atoms with Gasteiger partial charge in [-0.05, 0) is 24.6 Å². The van der Waals surface area contributed by atoms with Gasteiger partial charge in [0.1, 0.15) is 5.75 Å². The third kappa shape index (κ3) is 2.30. The van der Waals surface area contributed by atoms with Gasteiger partial charge in [0, 0.05) is 18.1 Å². The van der Waals surface area contributed by atoms with Gasteiger partial charge in [0.15, 0.2) is 0 Å². The van der Waals surface area contributed by atoms with E-state index in [0.717, 1.165) is 17.6 Å². The first-order valence-corrected chi connectivity index (χ1v) is 6.13. The number of rotatable bonds is 5. The molecule has 0 aliphatic carbocycles. The fourth-order valence-electron chi connectivity index (χ4n) is 1.91. The third-order valence-electron chi connectivity index (χ3n) is 2.77. The number of benzene rings is 1. The number of hydrogen-bond acceptors (Lipinski definition) is 2. The van der Waals surface area contributed by atoms with Crippen molar-refractivity contribution in [1.29, 1.82) is 0 Å². The molecule has 0 atom stereocenters. The molecule has 18 heavy (non-hydrogen) atoms. The maximum atomic E-state index is 12.2. The summed E-state index contributed by atoms with van der Waals surface area (Å²) < 4.78 is 7.29. The minimum atomic E-state index is -0.00523. The van der Waals surface area contributed by atoms with E-state index in [2.05, 4.69) is 13.5 Å². The van der Waals surface area contributed by atoms with Crippen LogP contribution < -0.4 is 10.3 Å². The summed E-state index contributed by atoms with van der Waals surface area (Å²) in [7, 11) is 0. The van der Waals surface area contributed by atoms with Gasteiger partial charge in [-0.1, -0.05) is 19.1 Å². The number of hydrogen-bond donors (Lipinski definition) is 0. The Morgan fingerprint density at radius 2 is 2.17 bits per heavy atom. The predicted octanol–water partition coefficient (Wildman–Crippen LogP) is 2.98. The van der Waals surface area contributed by atoms with Gasteiger partial charge in [0.05, 0.1) is 12.0 Å². The largest absolute Gasteiger partial charge is 0.493 e. The number of fused-ring (bicyclic) bond motifs is 1. The quantitative estimate of drug-likeness (QED) is 0.756. The molecule has 2 rings (SSSR count). The zero-order valence-corrected chi connectivity index (χ0v) is 10.6. The molecule has 94 valence electrons. The minimum absolute atomic E-state index is 0.00523. The molecule has 0 aliphatic heterocycles. The van der Waals surface area contributed by atoms with Crippen LogP contribution in [0.2, 0.25) is 0 Å². The smallest absolute Gasteiger partial charge is 0.258 e. The van der Waals surface area contributed by atoms with Gasteiger partial charge in [-0.3, -0.25) is 4.79 Å². The highest BCUT2D eigenvalue weighted by atomic mass is 16.5. The molecule has 1 aromatic heterocycles. The van der Waals surface area contributed by atoms with Crippen molar-refractivity contribution in [2.45, 2.75) is 19.9 Å². The molecule has 0 N–H and O–H groups in total. The first kappa shape index (κ1) is 12.4. The number of aromatic nitrogens is 1. The maximum Gasteiger partial charge on any atom is 0.258 e. The lowest BCUT2D eigenvalue weighted by atomic mass is 10.1. The van der Waals surface area contributed by atoms with Crippen molar-refractivity contribution in [2.24, 2.45) is 0 Å². The number of nitrogens with zero attached hydrogens (tertiary/aromatic N) is 1. The van der Waals surface area contributed by atoms with Crippen molar-refractivity contribution in [2.75, 3.05) is 6.61 Å². The Bertz CT molecular complexity index is 613. The third-order valence-corrected chi connectivity index (χ3v) is 2.77. The lowest BCUT2D eigenvalue weighted by molar-refractivity contribution is 0.321. The van der Waals surface area contributed by atoms with Crippen LogP contribution in [0, 0.1) is 0 Å². The molecule has 1 aromatic carbocycles. The van der Waals surface area contributed by atoms with E-state index in [1.54, 1.807) is 16.8 Å². The highest BCUT2D eigenvalue weighted by Gasteiger charge is 2.06. The Labute approximate surface area is 106 Å². The number of allylic oxidation sites excluding steroid dienone is 1. The van der Waals surface area contributed by atoms with Crippen LogP contribution in [0.5, 0.6) is 5.75 Å². The van der Waals surface area contributed by atoms with Gasteiger partial charge < -0.3 is 9.30 Å². The summed E-state index contributed by atoms with van der Waals surface area (Å²) in [6.45, 7) is 6.89. The topological polar surface area (TPSA) is 31.2 Å². The number of pyridine rings is 1. The molecule has 0 unspecified atom stereocenters. The Hall–Kier alpha value is -2.03. The second-order valence-corrected chi connectivity index (χ2v) is 4.13. The van der Waals surface area contributed by atoms with E-state index in [1.807, 2.05) is 24.3 Å². The predicted molar refractivity (Wildman–Crippen MR) is 74.2 cm³/mol. The van der Waals surface area contributed by atoms with Crippen molar-refractivity contribution in [3.63, 3.8) is 0 Å². The molecule has 0 spiro atoms. The Balaban J connectivity index is 2.55. The summed E-state index contributed by atoms with van der Waals surface area (Å²) >= 11 is 0. The van der Waals surface area contributed by atoms with Crippen LogP contribution in [-0.2, 0) is 6.54 Å². The van der Waals surface area contributed by atoms with Crippen molar-refractivity contribution in [3.05, 3.63) is 53.5 Å². The molecule has 0 radical (unpaired) electrons. The van der Waals surface area contributed by atoms with Gasteiger partial charge >= 0.3 is 0 Å². The summed E-state index contributed by atoms with van der Waals surface area (Å²) in [4.78, 5) is 12.2. The Kier molecular flexibility index (Phi) is 3.82. The summed E-state index contributed by atoms with van der Waals surface area (Å²) in [6.07, 6.45) is 4.44. The van der Waals surface area contributed by atoms with E-state index in [4.69, 9.17) is 4.74 Å².